The van der Waals surface area contributed by atoms with Crippen LogP contribution in [0.3, 0.4) is 0 Å². The van der Waals surface area contributed by atoms with Crippen LogP contribution in [0.4, 0.5) is 4.39 Å². The van der Waals surface area contributed by atoms with Crippen molar-refractivity contribution in [3.63, 3.8) is 0 Å². The predicted molar refractivity (Wildman–Crippen MR) is 106 cm³/mol. The van der Waals surface area contributed by atoms with Crippen LogP contribution >= 0.6 is 12.4 Å². The van der Waals surface area contributed by atoms with E-state index in [0.29, 0.717) is 12.4 Å². The van der Waals surface area contributed by atoms with Gasteiger partial charge in [0.1, 0.15) is 11.6 Å². The highest BCUT2D eigenvalue weighted by molar-refractivity contribution is 5.85. The second-order valence-corrected chi connectivity index (χ2v) is 6.63. The number of nitrogens with zero attached hydrogens (tertiary/aromatic N) is 2. The molecule has 3 aromatic rings. The molecule has 0 spiro atoms. The van der Waals surface area contributed by atoms with Gasteiger partial charge in [0.25, 0.3) is 0 Å². The van der Waals surface area contributed by atoms with Gasteiger partial charge in [-0.05, 0) is 36.8 Å². The molecule has 1 aromatic heterocycles. The van der Waals surface area contributed by atoms with Crippen molar-refractivity contribution in [3.8, 4) is 11.5 Å². The highest BCUT2D eigenvalue weighted by Crippen LogP contribution is 2.27. The molecule has 1 aliphatic heterocycles. The summed E-state index contributed by atoms with van der Waals surface area (Å²) in [6.45, 7) is 5.23. The van der Waals surface area contributed by atoms with Gasteiger partial charge in [-0.1, -0.05) is 30.3 Å². The quantitative estimate of drug-likeness (QED) is 0.722. The minimum absolute atomic E-state index is 0. The van der Waals surface area contributed by atoms with E-state index in [1.807, 2.05) is 43.3 Å². The van der Waals surface area contributed by atoms with Crippen LogP contribution in [0.5, 0.6) is 0 Å². The first-order valence-corrected chi connectivity index (χ1v) is 8.92. The normalized spacial score (nSPS) is 17.5. The lowest BCUT2D eigenvalue weighted by molar-refractivity contribution is 0.151. The van der Waals surface area contributed by atoms with E-state index >= 15 is 0 Å². The van der Waals surface area contributed by atoms with E-state index in [4.69, 9.17) is 9.40 Å². The largest absolute Gasteiger partial charge is 0.441 e. The highest BCUT2D eigenvalue weighted by atomic mass is 35.5. The van der Waals surface area contributed by atoms with Crippen LogP contribution in [0, 0.1) is 12.7 Å². The van der Waals surface area contributed by atoms with E-state index in [1.54, 1.807) is 12.1 Å². The Labute approximate surface area is 164 Å². The van der Waals surface area contributed by atoms with Crippen molar-refractivity contribution in [1.82, 2.24) is 15.2 Å². The van der Waals surface area contributed by atoms with Crippen molar-refractivity contribution in [3.05, 3.63) is 77.4 Å². The number of benzene rings is 2. The summed E-state index contributed by atoms with van der Waals surface area (Å²) in [5.41, 5.74) is 2.90. The Hall–Kier alpha value is -2.21. The van der Waals surface area contributed by atoms with Crippen molar-refractivity contribution < 1.29 is 8.81 Å². The average Bonchev–Trinajstić information content (AvgIpc) is 3.03. The zero-order valence-corrected chi connectivity index (χ0v) is 16.0. The zero-order chi connectivity index (χ0) is 17.9. The monoisotopic (exact) mass is 387 g/mol. The number of halogens is 2. The second-order valence-electron chi connectivity index (χ2n) is 6.63. The summed E-state index contributed by atoms with van der Waals surface area (Å²) < 4.78 is 19.6. The smallest absolute Gasteiger partial charge is 0.226 e. The van der Waals surface area contributed by atoms with E-state index in [0.717, 1.165) is 42.2 Å². The molecule has 0 aliphatic carbocycles. The first-order valence-electron chi connectivity index (χ1n) is 8.92. The van der Waals surface area contributed by atoms with Gasteiger partial charge in [-0.2, -0.15) is 0 Å². The first-order chi connectivity index (χ1) is 12.7. The van der Waals surface area contributed by atoms with Crippen LogP contribution in [0.2, 0.25) is 0 Å². The van der Waals surface area contributed by atoms with E-state index in [9.17, 15) is 4.39 Å². The number of aromatic nitrogens is 1. The molecule has 1 atom stereocenters. The van der Waals surface area contributed by atoms with Gasteiger partial charge in [-0.25, -0.2) is 9.37 Å². The van der Waals surface area contributed by atoms with Crippen molar-refractivity contribution in [2.75, 3.05) is 19.6 Å². The molecule has 1 aliphatic rings. The average molecular weight is 388 g/mol. The number of aryl methyl sites for hydroxylation is 1. The van der Waals surface area contributed by atoms with Gasteiger partial charge < -0.3 is 9.73 Å². The van der Waals surface area contributed by atoms with Gasteiger partial charge in [-0.15, -0.1) is 12.4 Å². The fraction of sp³-hybridized carbons (Fsp3) is 0.286. The zero-order valence-electron chi connectivity index (χ0n) is 15.2. The lowest BCUT2D eigenvalue weighted by atomic mass is 10.0. The molecular weight excluding hydrogens is 365 g/mol. The Morgan fingerprint density at radius 1 is 1.19 bits per heavy atom. The molecule has 1 unspecified atom stereocenters. The Kier molecular flexibility index (Phi) is 6.26. The summed E-state index contributed by atoms with van der Waals surface area (Å²) in [4.78, 5) is 7.06. The molecule has 142 valence electrons. The molecule has 1 fully saturated rings. The van der Waals surface area contributed by atoms with Gasteiger partial charge in [0.05, 0.1) is 5.69 Å². The summed E-state index contributed by atoms with van der Waals surface area (Å²) in [6, 6.07) is 16.9. The van der Waals surface area contributed by atoms with Crippen molar-refractivity contribution >= 4 is 12.4 Å². The molecule has 6 heteroatoms. The van der Waals surface area contributed by atoms with E-state index < -0.39 is 0 Å². The number of oxazole rings is 1. The number of nitrogens with one attached hydrogen (secondary N) is 1. The molecule has 4 nitrogen and oxygen atoms in total. The fourth-order valence-electron chi connectivity index (χ4n) is 3.45. The predicted octanol–water partition coefficient (Wildman–Crippen LogP) is 4.36. The maximum Gasteiger partial charge on any atom is 0.226 e. The van der Waals surface area contributed by atoms with Gasteiger partial charge >= 0.3 is 0 Å². The van der Waals surface area contributed by atoms with Crippen LogP contribution in [0.1, 0.15) is 23.1 Å². The fourth-order valence-corrected chi connectivity index (χ4v) is 3.45. The maximum absolute atomic E-state index is 13.7. The molecule has 0 saturated carbocycles. The molecule has 1 N–H and O–H groups in total. The van der Waals surface area contributed by atoms with E-state index in [1.165, 1.54) is 6.07 Å². The third-order valence-electron chi connectivity index (χ3n) is 4.85. The van der Waals surface area contributed by atoms with Crippen LogP contribution in [0.15, 0.2) is 59.0 Å². The molecular formula is C21H23ClFN3O. The van der Waals surface area contributed by atoms with Crippen LogP contribution in [0.25, 0.3) is 11.5 Å². The molecule has 1 saturated heterocycles. The van der Waals surface area contributed by atoms with E-state index in [-0.39, 0.29) is 24.3 Å². The SMILES string of the molecule is Cc1oc(-c2ccccc2)nc1CN1CCNCC1c1cccc(F)c1.Cl. The number of hydrogen-bond donors (Lipinski definition) is 1. The molecule has 0 radical (unpaired) electrons. The van der Waals surface area contributed by atoms with Crippen molar-refractivity contribution in [1.29, 1.82) is 0 Å². The Balaban J connectivity index is 0.00000210. The summed E-state index contributed by atoms with van der Waals surface area (Å²) in [5.74, 6) is 1.29. The number of rotatable bonds is 4. The van der Waals surface area contributed by atoms with Crippen LogP contribution in [-0.2, 0) is 6.54 Å². The maximum atomic E-state index is 13.7. The minimum Gasteiger partial charge on any atom is -0.441 e. The topological polar surface area (TPSA) is 41.3 Å². The Morgan fingerprint density at radius 3 is 2.78 bits per heavy atom. The minimum atomic E-state index is -0.197. The van der Waals surface area contributed by atoms with E-state index in [2.05, 4.69) is 10.2 Å². The molecule has 27 heavy (non-hydrogen) atoms. The van der Waals surface area contributed by atoms with Gasteiger partial charge in [0.15, 0.2) is 0 Å². The van der Waals surface area contributed by atoms with Crippen molar-refractivity contribution in [2.24, 2.45) is 0 Å². The molecule has 4 rings (SSSR count). The number of piperazine rings is 1. The van der Waals surface area contributed by atoms with Gasteiger partial charge in [0.2, 0.25) is 5.89 Å². The lowest BCUT2D eigenvalue weighted by Crippen LogP contribution is -2.45. The van der Waals surface area contributed by atoms with Crippen LogP contribution in [-0.4, -0.2) is 29.5 Å². The van der Waals surface area contributed by atoms with Gasteiger partial charge in [-0.3, -0.25) is 4.90 Å². The van der Waals surface area contributed by atoms with Gasteiger partial charge in [0, 0.05) is 37.8 Å². The molecule has 0 amide bonds. The Bertz CT molecular complexity index is 884. The third kappa shape index (κ3) is 4.38. The summed E-state index contributed by atoms with van der Waals surface area (Å²) in [5, 5.41) is 3.41. The molecule has 0 bridgehead atoms. The Morgan fingerprint density at radius 2 is 2.00 bits per heavy atom. The summed E-state index contributed by atoms with van der Waals surface area (Å²) >= 11 is 0. The standard InChI is InChI=1S/C21H22FN3O.ClH/c1-15-19(24-21(26-15)16-6-3-2-4-7-16)14-25-11-10-23-13-20(25)17-8-5-9-18(22)12-17;/h2-9,12,20,23H,10-11,13-14H2,1H3;1H. The van der Waals surface area contributed by atoms with Crippen LogP contribution < -0.4 is 5.32 Å². The summed E-state index contributed by atoms with van der Waals surface area (Å²) in [7, 11) is 0. The highest BCUT2D eigenvalue weighted by Gasteiger charge is 2.26. The second kappa shape index (κ2) is 8.65. The lowest BCUT2D eigenvalue weighted by Gasteiger charge is -2.36. The third-order valence-corrected chi connectivity index (χ3v) is 4.85. The van der Waals surface area contributed by atoms with Crippen molar-refractivity contribution in [2.45, 2.75) is 19.5 Å². The summed E-state index contributed by atoms with van der Waals surface area (Å²) in [6.07, 6.45) is 0. The molecule has 2 heterocycles. The molecule has 2 aromatic carbocycles. The number of hydrogen-bond acceptors (Lipinski definition) is 4. The first kappa shape index (κ1) is 19.5.